The molecule has 1 aliphatic heterocycles. The molecule has 0 saturated carbocycles. The molecule has 23 heavy (non-hydrogen) atoms. The molecular weight excluding hydrogens is 278 g/mol. The highest BCUT2D eigenvalue weighted by molar-refractivity contribution is 5.56. The number of anilines is 1. The number of para-hydroxylation sites is 1. The molecule has 0 bridgehead atoms. The van der Waals surface area contributed by atoms with Crippen molar-refractivity contribution in [3.8, 4) is 0 Å². The summed E-state index contributed by atoms with van der Waals surface area (Å²) in [6.45, 7) is 3.27. The number of nitrogens with zero attached hydrogens (tertiary/aromatic N) is 1. The van der Waals surface area contributed by atoms with E-state index in [1.54, 1.807) is 0 Å². The molecule has 1 nitrogen and oxygen atoms in total. The van der Waals surface area contributed by atoms with Gasteiger partial charge in [-0.3, -0.25) is 0 Å². The van der Waals surface area contributed by atoms with E-state index in [2.05, 4.69) is 90.7 Å². The third-order valence-electron chi connectivity index (χ3n) is 4.85. The molecule has 0 aliphatic carbocycles. The first kappa shape index (κ1) is 14.1. The molecule has 0 radical (unpaired) electrons. The van der Waals surface area contributed by atoms with Gasteiger partial charge in [-0.2, -0.15) is 0 Å². The number of hydrogen-bond acceptors (Lipinski definition) is 1. The van der Waals surface area contributed by atoms with Crippen LogP contribution >= 0.6 is 0 Å². The van der Waals surface area contributed by atoms with Gasteiger partial charge in [0.25, 0.3) is 0 Å². The van der Waals surface area contributed by atoms with E-state index >= 15 is 0 Å². The van der Waals surface area contributed by atoms with Gasteiger partial charge >= 0.3 is 0 Å². The van der Waals surface area contributed by atoms with Crippen LogP contribution in [0.25, 0.3) is 0 Å². The monoisotopic (exact) mass is 299 g/mol. The number of benzene rings is 3. The van der Waals surface area contributed by atoms with E-state index in [0.717, 1.165) is 13.0 Å². The van der Waals surface area contributed by atoms with Crippen molar-refractivity contribution in [3.05, 3.63) is 101 Å². The topological polar surface area (TPSA) is 3.24 Å². The van der Waals surface area contributed by atoms with Crippen molar-refractivity contribution in [2.45, 2.75) is 19.4 Å². The van der Waals surface area contributed by atoms with Gasteiger partial charge in [0.05, 0.1) is 6.04 Å². The second kappa shape index (κ2) is 5.92. The summed E-state index contributed by atoms with van der Waals surface area (Å²) in [6, 6.07) is 28.8. The van der Waals surface area contributed by atoms with Crippen LogP contribution in [0, 0.1) is 6.92 Å². The molecule has 4 rings (SSSR count). The first-order chi connectivity index (χ1) is 11.3. The summed E-state index contributed by atoms with van der Waals surface area (Å²) in [4.78, 5) is 2.55. The van der Waals surface area contributed by atoms with Crippen LogP contribution in [0.3, 0.4) is 0 Å². The highest BCUT2D eigenvalue weighted by Crippen LogP contribution is 2.39. The predicted molar refractivity (Wildman–Crippen MR) is 97.0 cm³/mol. The Bertz CT molecular complexity index is 807. The second-order valence-electron chi connectivity index (χ2n) is 6.24. The average Bonchev–Trinajstić information content (AvgIpc) is 2.62. The lowest BCUT2D eigenvalue weighted by atomic mass is 9.86. The minimum atomic E-state index is 0.295. The molecule has 0 saturated heterocycles. The van der Waals surface area contributed by atoms with Crippen LogP contribution in [0.1, 0.15) is 28.3 Å². The van der Waals surface area contributed by atoms with E-state index in [1.165, 1.54) is 27.9 Å². The molecule has 0 aromatic heterocycles. The SMILES string of the molecule is Cc1ccccc1C1c2ccccc2CCN1c1ccccc1. The van der Waals surface area contributed by atoms with Gasteiger partial charge < -0.3 is 4.90 Å². The van der Waals surface area contributed by atoms with E-state index in [1.807, 2.05) is 0 Å². The lowest BCUT2D eigenvalue weighted by molar-refractivity contribution is 0.650. The van der Waals surface area contributed by atoms with E-state index in [4.69, 9.17) is 0 Å². The zero-order chi connectivity index (χ0) is 15.6. The molecule has 1 unspecified atom stereocenters. The number of fused-ring (bicyclic) bond motifs is 1. The summed E-state index contributed by atoms with van der Waals surface area (Å²) in [5, 5.41) is 0. The first-order valence-electron chi connectivity index (χ1n) is 8.29. The molecule has 0 spiro atoms. The van der Waals surface area contributed by atoms with Crippen molar-refractivity contribution >= 4 is 5.69 Å². The number of aryl methyl sites for hydroxylation is 1. The third-order valence-corrected chi connectivity index (χ3v) is 4.85. The Kier molecular flexibility index (Phi) is 3.63. The fraction of sp³-hybridized carbons (Fsp3) is 0.182. The van der Waals surface area contributed by atoms with Gasteiger partial charge in [0.15, 0.2) is 0 Å². The molecule has 1 heteroatoms. The molecule has 1 heterocycles. The van der Waals surface area contributed by atoms with Gasteiger partial charge in [0, 0.05) is 12.2 Å². The fourth-order valence-electron chi connectivity index (χ4n) is 3.69. The molecule has 3 aromatic rings. The number of hydrogen-bond donors (Lipinski definition) is 0. The smallest absolute Gasteiger partial charge is 0.0801 e. The summed E-state index contributed by atoms with van der Waals surface area (Å²) < 4.78 is 0. The maximum Gasteiger partial charge on any atom is 0.0801 e. The molecule has 0 N–H and O–H groups in total. The van der Waals surface area contributed by atoms with E-state index in [9.17, 15) is 0 Å². The summed E-state index contributed by atoms with van der Waals surface area (Å²) in [5.41, 5.74) is 6.98. The predicted octanol–water partition coefficient (Wildman–Crippen LogP) is 5.15. The van der Waals surface area contributed by atoms with Crippen LogP contribution in [0.5, 0.6) is 0 Å². The van der Waals surface area contributed by atoms with Crippen LogP contribution in [0.15, 0.2) is 78.9 Å². The van der Waals surface area contributed by atoms with Crippen molar-refractivity contribution in [3.63, 3.8) is 0 Å². The third kappa shape index (κ3) is 2.53. The Morgan fingerprint density at radius 2 is 1.39 bits per heavy atom. The lowest BCUT2D eigenvalue weighted by Crippen LogP contribution is -2.36. The van der Waals surface area contributed by atoms with Crippen molar-refractivity contribution < 1.29 is 0 Å². The zero-order valence-corrected chi connectivity index (χ0v) is 13.4. The Hall–Kier alpha value is -2.54. The molecule has 3 aromatic carbocycles. The van der Waals surface area contributed by atoms with E-state index in [0.29, 0.717) is 6.04 Å². The first-order valence-corrected chi connectivity index (χ1v) is 8.29. The van der Waals surface area contributed by atoms with Gasteiger partial charge in [-0.15, -0.1) is 0 Å². The quantitative estimate of drug-likeness (QED) is 0.633. The second-order valence-corrected chi connectivity index (χ2v) is 6.24. The Balaban J connectivity index is 1.89. The van der Waals surface area contributed by atoms with Gasteiger partial charge in [-0.05, 0) is 47.7 Å². The summed E-state index contributed by atoms with van der Waals surface area (Å²) in [7, 11) is 0. The average molecular weight is 299 g/mol. The molecular formula is C22H21N. The van der Waals surface area contributed by atoms with Crippen molar-refractivity contribution in [1.29, 1.82) is 0 Å². The van der Waals surface area contributed by atoms with Crippen molar-refractivity contribution in [2.75, 3.05) is 11.4 Å². The van der Waals surface area contributed by atoms with Gasteiger partial charge in [-0.1, -0.05) is 66.7 Å². The Morgan fingerprint density at radius 3 is 2.17 bits per heavy atom. The van der Waals surface area contributed by atoms with E-state index in [-0.39, 0.29) is 0 Å². The van der Waals surface area contributed by atoms with Crippen LogP contribution in [0.2, 0.25) is 0 Å². The largest absolute Gasteiger partial charge is 0.360 e. The lowest BCUT2D eigenvalue weighted by Gasteiger charge is -2.40. The van der Waals surface area contributed by atoms with Crippen LogP contribution in [-0.4, -0.2) is 6.54 Å². The maximum absolute atomic E-state index is 2.55. The van der Waals surface area contributed by atoms with Crippen molar-refractivity contribution in [1.82, 2.24) is 0 Å². The fourth-order valence-corrected chi connectivity index (χ4v) is 3.69. The number of rotatable bonds is 2. The summed E-state index contributed by atoms with van der Waals surface area (Å²) in [5.74, 6) is 0. The maximum atomic E-state index is 2.55. The summed E-state index contributed by atoms with van der Waals surface area (Å²) in [6.07, 6.45) is 1.10. The van der Waals surface area contributed by atoms with Crippen LogP contribution in [-0.2, 0) is 6.42 Å². The standard InChI is InChI=1S/C22H21N/c1-17-9-5-7-13-20(17)22-21-14-8-6-10-18(21)15-16-23(22)19-11-3-2-4-12-19/h2-14,22H,15-16H2,1H3. The van der Waals surface area contributed by atoms with Gasteiger partial charge in [0.2, 0.25) is 0 Å². The Labute approximate surface area is 138 Å². The summed E-state index contributed by atoms with van der Waals surface area (Å²) >= 11 is 0. The molecule has 1 atom stereocenters. The van der Waals surface area contributed by atoms with Crippen LogP contribution < -0.4 is 4.90 Å². The van der Waals surface area contributed by atoms with Crippen molar-refractivity contribution in [2.24, 2.45) is 0 Å². The molecule has 0 amide bonds. The normalized spacial score (nSPS) is 16.9. The zero-order valence-electron chi connectivity index (χ0n) is 13.4. The highest BCUT2D eigenvalue weighted by atomic mass is 15.2. The molecule has 1 aliphatic rings. The van der Waals surface area contributed by atoms with Gasteiger partial charge in [0.1, 0.15) is 0 Å². The highest BCUT2D eigenvalue weighted by Gasteiger charge is 2.29. The van der Waals surface area contributed by atoms with E-state index < -0.39 is 0 Å². The van der Waals surface area contributed by atoms with Gasteiger partial charge in [-0.25, -0.2) is 0 Å². The minimum absolute atomic E-state index is 0.295. The Morgan fingerprint density at radius 1 is 0.739 bits per heavy atom. The minimum Gasteiger partial charge on any atom is -0.360 e. The molecule has 114 valence electrons. The molecule has 0 fully saturated rings. The van der Waals surface area contributed by atoms with Crippen LogP contribution in [0.4, 0.5) is 5.69 Å².